The normalized spacial score (nSPS) is 12.6. The van der Waals surface area contributed by atoms with Gasteiger partial charge in [-0.3, -0.25) is 4.98 Å². The maximum atomic E-state index is 9.52. The molecule has 1 unspecified atom stereocenters. The molecular weight excluding hydrogens is 292 g/mol. The van der Waals surface area contributed by atoms with Gasteiger partial charge < -0.3 is 10.1 Å². The minimum atomic E-state index is -0.581. The predicted molar refractivity (Wildman–Crippen MR) is 84.9 cm³/mol. The average molecular weight is 306 g/mol. The molecule has 23 heavy (non-hydrogen) atoms. The van der Waals surface area contributed by atoms with Crippen LogP contribution in [0.15, 0.2) is 49.3 Å². The van der Waals surface area contributed by atoms with Gasteiger partial charge in [0.25, 0.3) is 0 Å². The molecule has 0 saturated carbocycles. The summed E-state index contributed by atoms with van der Waals surface area (Å²) in [6.07, 6.45) is 8.19. The molecule has 0 aromatic carbocycles. The molecular formula is C16H14N6O. The first-order valence-corrected chi connectivity index (χ1v) is 7.20. The third-order valence-electron chi connectivity index (χ3n) is 3.68. The van der Waals surface area contributed by atoms with E-state index in [2.05, 4.69) is 25.0 Å². The Balaban J connectivity index is 1.73. The summed E-state index contributed by atoms with van der Waals surface area (Å²) in [6.45, 7) is 1.69. The van der Waals surface area contributed by atoms with E-state index in [0.29, 0.717) is 11.3 Å². The molecule has 4 rings (SSSR count). The lowest BCUT2D eigenvalue weighted by atomic mass is 10.1. The highest BCUT2D eigenvalue weighted by molar-refractivity contribution is 5.88. The first kappa shape index (κ1) is 13.6. The van der Waals surface area contributed by atoms with Crippen LogP contribution in [0.5, 0.6) is 0 Å². The summed E-state index contributed by atoms with van der Waals surface area (Å²) < 4.78 is 1.75. The summed E-state index contributed by atoms with van der Waals surface area (Å²) in [5, 5.41) is 13.9. The zero-order chi connectivity index (χ0) is 15.8. The molecule has 0 aliphatic carbocycles. The van der Waals surface area contributed by atoms with Crippen LogP contribution >= 0.6 is 0 Å². The summed E-state index contributed by atoms with van der Waals surface area (Å²) in [7, 11) is 0. The molecule has 4 aromatic heterocycles. The van der Waals surface area contributed by atoms with E-state index >= 15 is 0 Å². The second-order valence-corrected chi connectivity index (χ2v) is 5.25. The van der Waals surface area contributed by atoms with Crippen LogP contribution in [0.1, 0.15) is 18.7 Å². The molecule has 0 saturated heterocycles. The Morgan fingerprint density at radius 1 is 1.13 bits per heavy atom. The van der Waals surface area contributed by atoms with Crippen LogP contribution in [-0.2, 0) is 0 Å². The van der Waals surface area contributed by atoms with Crippen molar-refractivity contribution in [2.75, 3.05) is 0 Å². The quantitative estimate of drug-likeness (QED) is 0.605. The van der Waals surface area contributed by atoms with Gasteiger partial charge in [0.15, 0.2) is 5.65 Å². The summed E-state index contributed by atoms with van der Waals surface area (Å²) in [4.78, 5) is 15.7. The Labute approximate surface area is 131 Å². The number of hydrogen-bond donors (Lipinski definition) is 2. The van der Waals surface area contributed by atoms with Gasteiger partial charge in [0, 0.05) is 23.5 Å². The molecule has 4 aromatic rings. The third-order valence-corrected chi connectivity index (χ3v) is 3.68. The molecule has 4 heterocycles. The number of imidazole rings is 1. The summed E-state index contributed by atoms with van der Waals surface area (Å²) >= 11 is 0. The van der Waals surface area contributed by atoms with Crippen molar-refractivity contribution in [2.24, 2.45) is 0 Å². The first-order valence-electron chi connectivity index (χ1n) is 7.20. The second kappa shape index (κ2) is 5.29. The van der Waals surface area contributed by atoms with Crippen molar-refractivity contribution in [1.29, 1.82) is 0 Å². The smallest absolute Gasteiger partial charge is 0.178 e. The van der Waals surface area contributed by atoms with Gasteiger partial charge in [-0.1, -0.05) is 0 Å². The standard InChI is InChI=1S/C16H14N6O/c1-10(23)14-3-2-12(7-18-14)22-8-11(6-21-22)13-4-5-17-16-15(13)19-9-20-16/h2-10,23H,1H3,(H,17,19,20). The van der Waals surface area contributed by atoms with Crippen molar-refractivity contribution in [3.05, 3.63) is 55.0 Å². The van der Waals surface area contributed by atoms with Gasteiger partial charge in [0.2, 0.25) is 0 Å². The number of aliphatic hydroxyl groups excluding tert-OH is 1. The highest BCUT2D eigenvalue weighted by Gasteiger charge is 2.10. The molecule has 0 bridgehead atoms. The lowest BCUT2D eigenvalue weighted by Crippen LogP contribution is -1.99. The molecule has 0 aliphatic rings. The molecule has 7 nitrogen and oxygen atoms in total. The Hall–Kier alpha value is -3.06. The van der Waals surface area contributed by atoms with Crippen LogP contribution in [0.2, 0.25) is 0 Å². The molecule has 114 valence electrons. The highest BCUT2D eigenvalue weighted by Crippen LogP contribution is 2.25. The molecule has 2 N–H and O–H groups in total. The average Bonchev–Trinajstić information content (AvgIpc) is 3.24. The van der Waals surface area contributed by atoms with Crippen LogP contribution in [0.25, 0.3) is 28.0 Å². The fourth-order valence-corrected chi connectivity index (χ4v) is 2.47. The van der Waals surface area contributed by atoms with Crippen molar-refractivity contribution in [3.63, 3.8) is 0 Å². The number of rotatable bonds is 3. The first-order chi connectivity index (χ1) is 11.2. The minimum Gasteiger partial charge on any atom is -0.387 e. The van der Waals surface area contributed by atoms with E-state index in [0.717, 1.165) is 22.3 Å². The predicted octanol–water partition coefficient (Wildman–Crippen LogP) is 2.26. The summed E-state index contributed by atoms with van der Waals surface area (Å²) in [5.74, 6) is 0. The third kappa shape index (κ3) is 2.36. The number of aliphatic hydroxyl groups is 1. The van der Waals surface area contributed by atoms with E-state index in [4.69, 9.17) is 0 Å². The van der Waals surface area contributed by atoms with E-state index in [9.17, 15) is 5.11 Å². The van der Waals surface area contributed by atoms with Crippen molar-refractivity contribution >= 4 is 11.2 Å². The van der Waals surface area contributed by atoms with Crippen molar-refractivity contribution in [1.82, 2.24) is 29.7 Å². The molecule has 7 heteroatoms. The van der Waals surface area contributed by atoms with E-state index in [-0.39, 0.29) is 0 Å². The summed E-state index contributed by atoms with van der Waals surface area (Å²) in [6, 6.07) is 5.60. The van der Waals surface area contributed by atoms with Gasteiger partial charge in [-0.05, 0) is 25.1 Å². The fraction of sp³-hybridized carbons (Fsp3) is 0.125. The van der Waals surface area contributed by atoms with Crippen LogP contribution in [0.4, 0.5) is 0 Å². The largest absolute Gasteiger partial charge is 0.387 e. The number of fused-ring (bicyclic) bond motifs is 1. The Morgan fingerprint density at radius 2 is 2.04 bits per heavy atom. The Bertz CT molecular complexity index is 954. The molecule has 0 fully saturated rings. The van der Waals surface area contributed by atoms with Gasteiger partial charge in [-0.2, -0.15) is 5.10 Å². The van der Waals surface area contributed by atoms with Gasteiger partial charge >= 0.3 is 0 Å². The van der Waals surface area contributed by atoms with Crippen molar-refractivity contribution in [3.8, 4) is 16.8 Å². The minimum absolute atomic E-state index is 0.581. The van der Waals surface area contributed by atoms with Crippen LogP contribution < -0.4 is 0 Å². The maximum absolute atomic E-state index is 9.52. The molecule has 0 aliphatic heterocycles. The molecule has 1 atom stereocenters. The number of aromatic amines is 1. The second-order valence-electron chi connectivity index (χ2n) is 5.25. The van der Waals surface area contributed by atoms with Gasteiger partial charge in [-0.25, -0.2) is 14.6 Å². The molecule has 0 radical (unpaired) electrons. The monoisotopic (exact) mass is 306 g/mol. The van der Waals surface area contributed by atoms with E-state index < -0.39 is 6.10 Å². The van der Waals surface area contributed by atoms with E-state index in [1.807, 2.05) is 18.3 Å². The SMILES string of the molecule is CC(O)c1ccc(-n2cc(-c3ccnc4nc[nH]c34)cn2)cn1. The number of nitrogens with zero attached hydrogens (tertiary/aromatic N) is 5. The lowest BCUT2D eigenvalue weighted by molar-refractivity contribution is 0.194. The highest BCUT2D eigenvalue weighted by atomic mass is 16.3. The van der Waals surface area contributed by atoms with Crippen LogP contribution in [0, 0.1) is 0 Å². The van der Waals surface area contributed by atoms with E-state index in [1.54, 1.807) is 42.6 Å². The number of H-pyrrole nitrogens is 1. The Morgan fingerprint density at radius 3 is 2.83 bits per heavy atom. The van der Waals surface area contributed by atoms with Gasteiger partial charge in [0.1, 0.15) is 0 Å². The van der Waals surface area contributed by atoms with Gasteiger partial charge in [-0.15, -0.1) is 0 Å². The number of nitrogens with one attached hydrogen (secondary N) is 1. The lowest BCUT2D eigenvalue weighted by Gasteiger charge is -2.05. The zero-order valence-corrected chi connectivity index (χ0v) is 12.4. The van der Waals surface area contributed by atoms with E-state index in [1.165, 1.54) is 0 Å². The topological polar surface area (TPSA) is 92.5 Å². The number of hydrogen-bond acceptors (Lipinski definition) is 5. The van der Waals surface area contributed by atoms with Gasteiger partial charge in [0.05, 0.1) is 41.7 Å². The van der Waals surface area contributed by atoms with Crippen molar-refractivity contribution < 1.29 is 5.11 Å². The maximum Gasteiger partial charge on any atom is 0.178 e. The molecule has 0 amide bonds. The number of aromatic nitrogens is 6. The molecule has 0 spiro atoms. The Kier molecular flexibility index (Phi) is 3.13. The van der Waals surface area contributed by atoms with Crippen molar-refractivity contribution in [2.45, 2.75) is 13.0 Å². The van der Waals surface area contributed by atoms with Crippen LogP contribution in [-0.4, -0.2) is 34.8 Å². The summed E-state index contributed by atoms with van der Waals surface area (Å²) in [5.41, 5.74) is 4.98. The fourth-order valence-electron chi connectivity index (χ4n) is 2.47. The van der Waals surface area contributed by atoms with Crippen LogP contribution in [0.3, 0.4) is 0 Å². The zero-order valence-electron chi connectivity index (χ0n) is 12.4. The number of pyridine rings is 2.